The number of halogens is 1. The molecule has 6 heteroatoms. The highest BCUT2D eigenvalue weighted by Crippen LogP contribution is 2.37. The van der Waals surface area contributed by atoms with Gasteiger partial charge in [-0.1, -0.05) is 23.7 Å². The number of carbonyl (C=O) groups excluding carboxylic acids is 1. The molecule has 122 valence electrons. The number of benzene rings is 2. The van der Waals surface area contributed by atoms with E-state index in [9.17, 15) is 4.79 Å². The quantitative estimate of drug-likeness (QED) is 0.764. The van der Waals surface area contributed by atoms with Gasteiger partial charge >= 0.3 is 0 Å². The summed E-state index contributed by atoms with van der Waals surface area (Å²) in [5.41, 5.74) is 3.26. The van der Waals surface area contributed by atoms with Crippen molar-refractivity contribution in [2.75, 3.05) is 5.32 Å². The van der Waals surface area contributed by atoms with E-state index in [-0.39, 0.29) is 11.8 Å². The lowest BCUT2D eigenvalue weighted by Crippen LogP contribution is -2.24. The Kier molecular flexibility index (Phi) is 3.75. The predicted molar refractivity (Wildman–Crippen MR) is 94.8 cm³/mol. The first-order valence-electron chi connectivity index (χ1n) is 7.79. The number of anilines is 1. The molecular formula is C19H13ClN4O. The zero-order valence-corrected chi connectivity index (χ0v) is 13.9. The van der Waals surface area contributed by atoms with Gasteiger partial charge in [0.25, 0.3) is 0 Å². The first-order valence-corrected chi connectivity index (χ1v) is 8.16. The normalized spacial score (nSPS) is 16.0. The van der Waals surface area contributed by atoms with Crippen molar-refractivity contribution in [3.05, 3.63) is 76.7 Å². The van der Waals surface area contributed by atoms with Crippen LogP contribution < -0.4 is 5.32 Å². The van der Waals surface area contributed by atoms with Crippen molar-refractivity contribution < 1.29 is 4.79 Å². The third-order valence-corrected chi connectivity index (χ3v) is 4.57. The van der Waals surface area contributed by atoms with Gasteiger partial charge in [0, 0.05) is 23.0 Å². The highest BCUT2D eigenvalue weighted by atomic mass is 35.5. The Labute approximate surface area is 149 Å². The van der Waals surface area contributed by atoms with E-state index in [4.69, 9.17) is 16.9 Å². The molecule has 1 amide bonds. The largest absolute Gasteiger partial charge is 0.310 e. The summed E-state index contributed by atoms with van der Waals surface area (Å²) < 4.78 is 1.85. The van der Waals surface area contributed by atoms with Crippen LogP contribution in [-0.2, 0) is 4.79 Å². The summed E-state index contributed by atoms with van der Waals surface area (Å²) in [4.78, 5) is 16.8. The van der Waals surface area contributed by atoms with Gasteiger partial charge in [0.15, 0.2) is 0 Å². The van der Waals surface area contributed by atoms with Crippen LogP contribution in [0, 0.1) is 11.3 Å². The predicted octanol–water partition coefficient (Wildman–Crippen LogP) is 3.87. The second-order valence-electron chi connectivity index (χ2n) is 5.86. The van der Waals surface area contributed by atoms with E-state index in [1.165, 1.54) is 0 Å². The first kappa shape index (κ1) is 15.4. The van der Waals surface area contributed by atoms with Gasteiger partial charge in [0.05, 0.1) is 17.3 Å². The molecule has 2 heterocycles. The summed E-state index contributed by atoms with van der Waals surface area (Å²) in [5, 5.41) is 12.5. The Balaban J connectivity index is 1.78. The molecule has 1 aliphatic rings. The average Bonchev–Trinajstić information content (AvgIpc) is 3.05. The number of hydrogen-bond donors (Lipinski definition) is 1. The van der Waals surface area contributed by atoms with Crippen LogP contribution in [-0.4, -0.2) is 15.5 Å². The van der Waals surface area contributed by atoms with E-state index >= 15 is 0 Å². The van der Waals surface area contributed by atoms with E-state index in [1.54, 1.807) is 30.6 Å². The van der Waals surface area contributed by atoms with Gasteiger partial charge in [0.1, 0.15) is 12.1 Å². The van der Waals surface area contributed by atoms with Crippen LogP contribution in [0.1, 0.15) is 29.2 Å². The lowest BCUT2D eigenvalue weighted by molar-refractivity contribution is -0.116. The standard InChI is InChI=1S/C19H13ClN4O/c20-14-5-7-15(8-6-14)24-11-22-18-16(9-17(25)23-19(18)24)13-3-1-12(10-21)2-4-13/h1-8,11,16H,9H2,(H,23,25). The number of rotatable bonds is 2. The Bertz CT molecular complexity index is 984. The van der Waals surface area contributed by atoms with Crippen molar-refractivity contribution in [1.82, 2.24) is 9.55 Å². The summed E-state index contributed by atoms with van der Waals surface area (Å²) in [6, 6.07) is 16.7. The maximum Gasteiger partial charge on any atom is 0.226 e. The Hall–Kier alpha value is -3.10. The lowest BCUT2D eigenvalue weighted by atomic mass is 9.89. The van der Waals surface area contributed by atoms with Crippen LogP contribution in [0.4, 0.5) is 5.82 Å². The maximum absolute atomic E-state index is 12.2. The molecule has 1 atom stereocenters. The molecule has 0 fully saturated rings. The Morgan fingerprint density at radius 1 is 1.16 bits per heavy atom. The van der Waals surface area contributed by atoms with Crippen LogP contribution >= 0.6 is 11.6 Å². The van der Waals surface area contributed by atoms with Crippen LogP contribution in [0.2, 0.25) is 5.02 Å². The van der Waals surface area contributed by atoms with Crippen molar-refractivity contribution >= 4 is 23.3 Å². The minimum atomic E-state index is -0.134. The van der Waals surface area contributed by atoms with Gasteiger partial charge in [0.2, 0.25) is 5.91 Å². The molecule has 1 aliphatic heterocycles. The van der Waals surface area contributed by atoms with Crippen LogP contribution in [0.3, 0.4) is 0 Å². The van der Waals surface area contributed by atoms with E-state index in [2.05, 4.69) is 16.4 Å². The highest BCUT2D eigenvalue weighted by Gasteiger charge is 2.30. The van der Waals surface area contributed by atoms with Crippen LogP contribution in [0.15, 0.2) is 54.9 Å². The number of aromatic nitrogens is 2. The van der Waals surface area contributed by atoms with E-state index in [1.807, 2.05) is 28.8 Å². The van der Waals surface area contributed by atoms with Gasteiger partial charge in [-0.15, -0.1) is 0 Å². The molecule has 0 bridgehead atoms. The van der Waals surface area contributed by atoms with Crippen molar-refractivity contribution in [2.24, 2.45) is 0 Å². The molecule has 0 radical (unpaired) electrons. The molecule has 1 unspecified atom stereocenters. The van der Waals surface area contributed by atoms with Crippen molar-refractivity contribution in [1.29, 1.82) is 5.26 Å². The average molecular weight is 349 g/mol. The van der Waals surface area contributed by atoms with Gasteiger partial charge in [-0.25, -0.2) is 4.98 Å². The molecule has 25 heavy (non-hydrogen) atoms. The molecule has 0 saturated heterocycles. The van der Waals surface area contributed by atoms with Gasteiger partial charge in [-0.3, -0.25) is 9.36 Å². The van der Waals surface area contributed by atoms with Gasteiger partial charge in [-0.2, -0.15) is 5.26 Å². The zero-order valence-electron chi connectivity index (χ0n) is 13.1. The number of nitrogens with one attached hydrogen (secondary N) is 1. The number of amides is 1. The number of fused-ring (bicyclic) bond motifs is 1. The maximum atomic E-state index is 12.2. The number of nitrogens with zero attached hydrogens (tertiary/aromatic N) is 3. The van der Waals surface area contributed by atoms with Crippen LogP contribution in [0.5, 0.6) is 0 Å². The first-order chi connectivity index (χ1) is 12.2. The highest BCUT2D eigenvalue weighted by molar-refractivity contribution is 6.30. The van der Waals surface area contributed by atoms with E-state index in [0.29, 0.717) is 22.8 Å². The fourth-order valence-corrected chi connectivity index (χ4v) is 3.20. The van der Waals surface area contributed by atoms with Crippen molar-refractivity contribution in [2.45, 2.75) is 12.3 Å². The lowest BCUT2D eigenvalue weighted by Gasteiger charge is -2.23. The molecule has 5 nitrogen and oxygen atoms in total. The molecule has 0 aliphatic carbocycles. The van der Waals surface area contributed by atoms with E-state index < -0.39 is 0 Å². The number of hydrogen-bond acceptors (Lipinski definition) is 3. The van der Waals surface area contributed by atoms with Crippen molar-refractivity contribution in [3.63, 3.8) is 0 Å². The molecule has 3 aromatic rings. The second kappa shape index (κ2) is 6.08. The zero-order chi connectivity index (χ0) is 17.4. The van der Waals surface area contributed by atoms with Crippen LogP contribution in [0.25, 0.3) is 5.69 Å². The number of imidazole rings is 1. The summed E-state index contributed by atoms with van der Waals surface area (Å²) >= 11 is 5.95. The molecule has 0 spiro atoms. The fraction of sp³-hybridized carbons (Fsp3) is 0.105. The third kappa shape index (κ3) is 2.77. The third-order valence-electron chi connectivity index (χ3n) is 4.32. The minimum absolute atomic E-state index is 0.0578. The smallest absolute Gasteiger partial charge is 0.226 e. The van der Waals surface area contributed by atoms with Gasteiger partial charge < -0.3 is 5.32 Å². The Morgan fingerprint density at radius 2 is 1.88 bits per heavy atom. The number of nitriles is 1. The molecule has 2 aromatic carbocycles. The Morgan fingerprint density at radius 3 is 2.56 bits per heavy atom. The number of carbonyl (C=O) groups is 1. The van der Waals surface area contributed by atoms with Crippen molar-refractivity contribution in [3.8, 4) is 11.8 Å². The fourth-order valence-electron chi connectivity index (χ4n) is 3.07. The summed E-state index contributed by atoms with van der Waals surface area (Å²) in [6.07, 6.45) is 2.03. The SMILES string of the molecule is N#Cc1ccc(C2CC(=O)Nc3c2ncn3-c2ccc(Cl)cc2)cc1. The molecular weight excluding hydrogens is 336 g/mol. The summed E-state index contributed by atoms with van der Waals surface area (Å²) in [5.74, 6) is 0.482. The summed E-state index contributed by atoms with van der Waals surface area (Å²) in [6.45, 7) is 0. The summed E-state index contributed by atoms with van der Waals surface area (Å²) in [7, 11) is 0. The van der Waals surface area contributed by atoms with E-state index in [0.717, 1.165) is 16.9 Å². The topological polar surface area (TPSA) is 70.7 Å². The molecule has 4 rings (SSSR count). The second-order valence-corrected chi connectivity index (χ2v) is 6.30. The molecule has 0 saturated carbocycles. The monoisotopic (exact) mass is 348 g/mol. The van der Waals surface area contributed by atoms with Gasteiger partial charge in [-0.05, 0) is 42.0 Å². The molecule has 1 N–H and O–H groups in total. The molecule has 1 aromatic heterocycles. The minimum Gasteiger partial charge on any atom is -0.310 e.